The van der Waals surface area contributed by atoms with Gasteiger partial charge in [-0.05, 0) is 57.0 Å². The third kappa shape index (κ3) is 8.06. The molecule has 3 heterocycles. The highest BCUT2D eigenvalue weighted by Crippen LogP contribution is 2.29. The van der Waals surface area contributed by atoms with Gasteiger partial charge in [0, 0.05) is 61.7 Å². The molecule has 3 rings (SSSR count). The number of fused-ring (bicyclic) bond motifs is 1. The molecule has 0 radical (unpaired) electrons. The molecule has 0 aliphatic rings. The summed E-state index contributed by atoms with van der Waals surface area (Å²) in [6.07, 6.45) is 7.17. The van der Waals surface area contributed by atoms with Gasteiger partial charge in [0.15, 0.2) is 0 Å². The predicted octanol–water partition coefficient (Wildman–Crippen LogP) is 4.71. The second-order valence-electron chi connectivity index (χ2n) is 7.56. The summed E-state index contributed by atoms with van der Waals surface area (Å²) in [7, 11) is 2.09. The van der Waals surface area contributed by atoms with Crippen LogP contribution in [0.2, 0.25) is 0 Å². The first-order valence-corrected chi connectivity index (χ1v) is 11.0. The van der Waals surface area contributed by atoms with E-state index in [1.165, 1.54) is 29.3 Å². The Hall–Kier alpha value is -3.35. The number of primary amides is 1. The highest BCUT2D eigenvalue weighted by molar-refractivity contribution is 5.84. The van der Waals surface area contributed by atoms with Crippen LogP contribution in [0.4, 0.5) is 0 Å². The van der Waals surface area contributed by atoms with Gasteiger partial charge in [-0.2, -0.15) is 0 Å². The summed E-state index contributed by atoms with van der Waals surface area (Å²) >= 11 is 0. The largest absolute Gasteiger partial charge is 0.370 e. The van der Waals surface area contributed by atoms with Crippen LogP contribution in [0, 0.1) is 6.92 Å². The van der Waals surface area contributed by atoms with Gasteiger partial charge in [0.2, 0.25) is 11.8 Å². The van der Waals surface area contributed by atoms with Gasteiger partial charge in [-0.25, -0.2) is 4.98 Å². The van der Waals surface area contributed by atoms with Gasteiger partial charge in [-0.1, -0.05) is 19.4 Å². The Balaban J connectivity index is 0.000000364. The number of carbonyl (C=O) groups is 2. The number of nitrogens with zero attached hydrogens (tertiary/aromatic N) is 2. The standard InChI is InChI=1S/C17H19N3.C6H12N2O2.C2H6/c1-11(2)8-16-12(3)14(10-20(16)4)15-9-13-6-5-7-18-17(13)19-15;1-5(9)8-4-2-3-6(7)10;1-2/h5-10H,1-4H3,(H,18,19);2-4H2,1H3,(H2,7,10)(H,8,9);1-2H3. The molecule has 7 nitrogen and oxygen atoms in total. The smallest absolute Gasteiger partial charge is 0.217 e. The first-order chi connectivity index (χ1) is 15.2. The molecule has 0 aliphatic carbocycles. The van der Waals surface area contributed by atoms with Crippen LogP contribution in [0.25, 0.3) is 28.4 Å². The average molecular weight is 440 g/mol. The number of aromatic amines is 1. The van der Waals surface area contributed by atoms with Crippen molar-refractivity contribution in [3.05, 3.63) is 47.4 Å². The molecule has 0 unspecified atom stereocenters. The summed E-state index contributed by atoms with van der Waals surface area (Å²) in [6.45, 7) is 12.4. The molecule has 0 atom stereocenters. The molecule has 2 amide bonds. The lowest BCUT2D eigenvalue weighted by Crippen LogP contribution is -2.22. The van der Waals surface area contributed by atoms with Crippen molar-refractivity contribution in [1.82, 2.24) is 19.9 Å². The second-order valence-corrected chi connectivity index (χ2v) is 7.56. The van der Waals surface area contributed by atoms with Crippen molar-refractivity contribution in [1.29, 1.82) is 0 Å². The monoisotopic (exact) mass is 439 g/mol. The number of aryl methyl sites for hydroxylation is 1. The number of carbonyl (C=O) groups excluding carboxylic acids is 2. The molecule has 0 fully saturated rings. The van der Waals surface area contributed by atoms with Crippen LogP contribution >= 0.6 is 0 Å². The number of rotatable bonds is 6. The fourth-order valence-corrected chi connectivity index (χ4v) is 3.15. The number of allylic oxidation sites excluding steroid dienone is 1. The highest BCUT2D eigenvalue weighted by atomic mass is 16.1. The van der Waals surface area contributed by atoms with Crippen molar-refractivity contribution in [2.75, 3.05) is 6.54 Å². The molecule has 7 heteroatoms. The Morgan fingerprint density at radius 1 is 1.25 bits per heavy atom. The van der Waals surface area contributed by atoms with E-state index in [-0.39, 0.29) is 11.8 Å². The maximum atomic E-state index is 10.3. The van der Waals surface area contributed by atoms with E-state index in [9.17, 15) is 9.59 Å². The van der Waals surface area contributed by atoms with E-state index in [0.717, 1.165) is 16.7 Å². The molecular weight excluding hydrogens is 402 g/mol. The van der Waals surface area contributed by atoms with Gasteiger partial charge in [0.05, 0.1) is 0 Å². The molecule has 0 aliphatic heterocycles. The van der Waals surface area contributed by atoms with Crippen LogP contribution in [0.15, 0.2) is 36.2 Å². The van der Waals surface area contributed by atoms with Crippen molar-refractivity contribution in [3.63, 3.8) is 0 Å². The SMILES string of the molecule is CC.CC(=O)NCCCC(N)=O.CC(C)=Cc1c(C)c(-c2cc3cccnc3[nH]2)cn1C. The lowest BCUT2D eigenvalue weighted by molar-refractivity contribution is -0.120. The Morgan fingerprint density at radius 2 is 1.94 bits per heavy atom. The average Bonchev–Trinajstić information content (AvgIpc) is 3.29. The van der Waals surface area contributed by atoms with Crippen molar-refractivity contribution < 1.29 is 9.59 Å². The van der Waals surface area contributed by atoms with Crippen LogP contribution in [-0.4, -0.2) is 32.9 Å². The lowest BCUT2D eigenvalue weighted by Gasteiger charge is -2.00. The molecule has 3 aromatic rings. The van der Waals surface area contributed by atoms with Crippen LogP contribution in [0.3, 0.4) is 0 Å². The van der Waals surface area contributed by atoms with E-state index in [2.05, 4.69) is 72.1 Å². The lowest BCUT2D eigenvalue weighted by atomic mass is 10.1. The maximum Gasteiger partial charge on any atom is 0.217 e. The molecule has 3 aromatic heterocycles. The zero-order valence-electron chi connectivity index (χ0n) is 20.4. The molecule has 4 N–H and O–H groups in total. The fourth-order valence-electron chi connectivity index (χ4n) is 3.15. The fraction of sp³-hybridized carbons (Fsp3) is 0.400. The van der Waals surface area contributed by atoms with E-state index < -0.39 is 0 Å². The van der Waals surface area contributed by atoms with Crippen LogP contribution in [0.5, 0.6) is 0 Å². The minimum Gasteiger partial charge on any atom is -0.370 e. The molecule has 0 bridgehead atoms. The maximum absolute atomic E-state index is 10.3. The highest BCUT2D eigenvalue weighted by Gasteiger charge is 2.12. The van der Waals surface area contributed by atoms with Crippen molar-refractivity contribution >= 4 is 28.9 Å². The summed E-state index contributed by atoms with van der Waals surface area (Å²) < 4.78 is 2.18. The molecular formula is C25H37N5O2. The van der Waals surface area contributed by atoms with Crippen LogP contribution in [0.1, 0.15) is 58.7 Å². The van der Waals surface area contributed by atoms with E-state index in [1.807, 2.05) is 26.1 Å². The summed E-state index contributed by atoms with van der Waals surface area (Å²) in [4.78, 5) is 28.2. The topological polar surface area (TPSA) is 106 Å². The molecule has 174 valence electrons. The molecule has 32 heavy (non-hydrogen) atoms. The molecule has 0 aromatic carbocycles. The molecule has 0 spiro atoms. The summed E-state index contributed by atoms with van der Waals surface area (Å²) in [5.41, 5.74) is 12.0. The van der Waals surface area contributed by atoms with Crippen LogP contribution < -0.4 is 11.1 Å². The van der Waals surface area contributed by atoms with Gasteiger partial charge < -0.3 is 20.6 Å². The third-order valence-corrected chi connectivity index (χ3v) is 4.57. The number of aromatic nitrogens is 3. The number of hydrogen-bond acceptors (Lipinski definition) is 3. The minimum absolute atomic E-state index is 0.0792. The van der Waals surface area contributed by atoms with Crippen molar-refractivity contribution in [2.24, 2.45) is 12.8 Å². The van der Waals surface area contributed by atoms with E-state index >= 15 is 0 Å². The molecule has 0 saturated carbocycles. The number of pyridine rings is 1. The second kappa shape index (κ2) is 13.1. The first kappa shape index (κ1) is 26.7. The number of nitrogens with one attached hydrogen (secondary N) is 2. The Labute approximate surface area is 191 Å². The zero-order valence-corrected chi connectivity index (χ0v) is 20.4. The van der Waals surface area contributed by atoms with Crippen molar-refractivity contribution in [3.8, 4) is 11.3 Å². The van der Waals surface area contributed by atoms with Gasteiger partial charge in [0.25, 0.3) is 0 Å². The third-order valence-electron chi connectivity index (χ3n) is 4.57. The summed E-state index contributed by atoms with van der Waals surface area (Å²) in [5.74, 6) is -0.408. The number of hydrogen-bond donors (Lipinski definition) is 3. The zero-order chi connectivity index (χ0) is 24.3. The Morgan fingerprint density at radius 3 is 2.50 bits per heavy atom. The van der Waals surface area contributed by atoms with Crippen LogP contribution in [-0.2, 0) is 16.6 Å². The molecule has 0 saturated heterocycles. The first-order valence-electron chi connectivity index (χ1n) is 11.0. The number of amides is 2. The number of nitrogens with two attached hydrogens (primary N) is 1. The normalized spacial score (nSPS) is 9.84. The van der Waals surface area contributed by atoms with E-state index in [1.54, 1.807) is 0 Å². The van der Waals surface area contributed by atoms with Gasteiger partial charge in [-0.15, -0.1) is 0 Å². The van der Waals surface area contributed by atoms with E-state index in [0.29, 0.717) is 19.4 Å². The van der Waals surface area contributed by atoms with E-state index in [4.69, 9.17) is 5.73 Å². The van der Waals surface area contributed by atoms with Gasteiger partial charge in [-0.3, -0.25) is 9.59 Å². The number of H-pyrrole nitrogens is 1. The predicted molar refractivity (Wildman–Crippen MR) is 133 cm³/mol. The Bertz CT molecular complexity index is 1010. The summed E-state index contributed by atoms with van der Waals surface area (Å²) in [5, 5.41) is 3.70. The minimum atomic E-state index is -0.328. The van der Waals surface area contributed by atoms with Gasteiger partial charge in [0.1, 0.15) is 5.65 Å². The van der Waals surface area contributed by atoms with Gasteiger partial charge >= 0.3 is 0 Å². The Kier molecular flexibility index (Phi) is 11.0. The van der Waals surface area contributed by atoms with Crippen molar-refractivity contribution in [2.45, 2.75) is 54.4 Å². The quantitative estimate of drug-likeness (QED) is 0.484. The summed E-state index contributed by atoms with van der Waals surface area (Å²) in [6, 6.07) is 6.21.